The number of aromatic hydroxyl groups is 1. The number of H-pyrrole nitrogens is 2. The van der Waals surface area contributed by atoms with Crippen molar-refractivity contribution in [2.45, 2.75) is 0 Å². The number of nitrogens with zero attached hydrogens (tertiary/aromatic N) is 4. The van der Waals surface area contributed by atoms with E-state index in [0.29, 0.717) is 16.8 Å². The Kier molecular flexibility index (Phi) is 3.97. The van der Waals surface area contributed by atoms with E-state index in [9.17, 15) is 9.50 Å². The largest absolute Gasteiger partial charge is 0.508 e. The van der Waals surface area contributed by atoms with Gasteiger partial charge >= 0.3 is 0 Å². The van der Waals surface area contributed by atoms with E-state index in [1.807, 2.05) is 24.3 Å². The van der Waals surface area contributed by atoms with Gasteiger partial charge in [-0.1, -0.05) is 0 Å². The first kappa shape index (κ1) is 18.2. The van der Waals surface area contributed by atoms with Gasteiger partial charge in [0.1, 0.15) is 11.6 Å². The molecule has 0 fully saturated rings. The molecule has 154 valence electrons. The zero-order valence-corrected chi connectivity index (χ0v) is 16.5. The van der Waals surface area contributed by atoms with E-state index in [1.54, 1.807) is 31.0 Å². The second kappa shape index (κ2) is 6.98. The van der Waals surface area contributed by atoms with Gasteiger partial charge in [-0.3, -0.25) is 15.1 Å². The molecule has 3 N–H and O–H groups in total. The second-order valence-corrected chi connectivity index (χ2v) is 7.46. The van der Waals surface area contributed by atoms with Crippen molar-refractivity contribution in [2.75, 3.05) is 0 Å². The summed E-state index contributed by atoms with van der Waals surface area (Å²) in [6, 6.07) is 11.8. The molecule has 0 atom stereocenters. The smallest absolute Gasteiger partial charge is 0.181 e. The van der Waals surface area contributed by atoms with E-state index in [-0.39, 0.29) is 5.75 Å². The van der Waals surface area contributed by atoms with E-state index < -0.39 is 5.82 Å². The highest BCUT2D eigenvalue weighted by atomic mass is 19.1. The minimum Gasteiger partial charge on any atom is -0.508 e. The van der Waals surface area contributed by atoms with Crippen LogP contribution in [0.1, 0.15) is 0 Å². The molecule has 0 radical (unpaired) electrons. The molecule has 1 aromatic carbocycles. The minimum absolute atomic E-state index is 0.137. The van der Waals surface area contributed by atoms with Gasteiger partial charge in [0.05, 0.1) is 23.1 Å². The third-order valence-electron chi connectivity index (χ3n) is 5.43. The van der Waals surface area contributed by atoms with Crippen molar-refractivity contribution < 1.29 is 9.50 Å². The van der Waals surface area contributed by atoms with Crippen LogP contribution in [0.25, 0.3) is 55.6 Å². The average Bonchev–Trinajstić information content (AvgIpc) is 3.42. The highest BCUT2D eigenvalue weighted by molar-refractivity contribution is 6.00. The predicted octanol–water partition coefficient (Wildman–Crippen LogP) is 5.07. The van der Waals surface area contributed by atoms with Gasteiger partial charge < -0.3 is 10.1 Å². The summed E-state index contributed by atoms with van der Waals surface area (Å²) in [4.78, 5) is 16.2. The molecule has 6 aromatic rings. The molecule has 0 unspecified atom stereocenters. The average molecular weight is 422 g/mol. The lowest BCUT2D eigenvalue weighted by molar-refractivity contribution is 0.469. The molecule has 0 aliphatic carbocycles. The van der Waals surface area contributed by atoms with E-state index in [2.05, 4.69) is 30.1 Å². The van der Waals surface area contributed by atoms with Gasteiger partial charge in [0.15, 0.2) is 5.65 Å². The Labute approximate surface area is 180 Å². The second-order valence-electron chi connectivity index (χ2n) is 7.46. The number of halogens is 1. The Hall–Kier alpha value is -4.59. The number of hydrogen-bond donors (Lipinski definition) is 3. The van der Waals surface area contributed by atoms with Crippen LogP contribution >= 0.6 is 0 Å². The molecule has 5 heterocycles. The monoisotopic (exact) mass is 422 g/mol. The van der Waals surface area contributed by atoms with Crippen molar-refractivity contribution >= 4 is 21.9 Å². The highest BCUT2D eigenvalue weighted by Gasteiger charge is 2.15. The number of rotatable bonds is 3. The first-order valence-corrected chi connectivity index (χ1v) is 9.87. The van der Waals surface area contributed by atoms with Crippen molar-refractivity contribution in [2.24, 2.45) is 0 Å². The van der Waals surface area contributed by atoms with Crippen LogP contribution in [0.4, 0.5) is 4.39 Å². The Morgan fingerprint density at radius 3 is 2.53 bits per heavy atom. The molecule has 0 amide bonds. The number of aromatic amines is 2. The lowest BCUT2D eigenvalue weighted by Gasteiger charge is -2.04. The third-order valence-corrected chi connectivity index (χ3v) is 5.43. The number of nitrogens with one attached hydrogen (secondary N) is 2. The molecule has 0 aliphatic rings. The molecular weight excluding hydrogens is 407 g/mol. The Morgan fingerprint density at radius 2 is 1.69 bits per heavy atom. The molecule has 0 bridgehead atoms. The fraction of sp³-hybridized carbons (Fsp3) is 0. The summed E-state index contributed by atoms with van der Waals surface area (Å²) in [5.41, 5.74) is 6.18. The topological polar surface area (TPSA) is 103 Å². The fourth-order valence-corrected chi connectivity index (χ4v) is 3.95. The van der Waals surface area contributed by atoms with Gasteiger partial charge in [0, 0.05) is 52.8 Å². The van der Waals surface area contributed by atoms with Crippen LogP contribution in [-0.4, -0.2) is 35.2 Å². The van der Waals surface area contributed by atoms with Gasteiger partial charge in [-0.15, -0.1) is 0 Å². The van der Waals surface area contributed by atoms with Crippen molar-refractivity contribution in [3.63, 3.8) is 0 Å². The number of aromatic nitrogens is 6. The fourth-order valence-electron chi connectivity index (χ4n) is 3.95. The maximum absolute atomic E-state index is 13.9. The van der Waals surface area contributed by atoms with Crippen LogP contribution in [0, 0.1) is 5.82 Å². The van der Waals surface area contributed by atoms with Gasteiger partial charge in [-0.2, -0.15) is 5.10 Å². The van der Waals surface area contributed by atoms with Gasteiger partial charge in [0.2, 0.25) is 0 Å². The maximum Gasteiger partial charge on any atom is 0.181 e. The lowest BCUT2D eigenvalue weighted by Crippen LogP contribution is -1.84. The van der Waals surface area contributed by atoms with Crippen LogP contribution in [0.5, 0.6) is 5.75 Å². The standard InChI is InChI=1S/C24H15FN6O/c25-16-5-14(6-17(32)8-16)20-11-27-12-22-18(20)9-21(29-22)23-19-7-15(10-28-24(19)31-30-23)13-1-3-26-4-2-13/h1-12,29,32H,(H,28,30,31). The van der Waals surface area contributed by atoms with Crippen LogP contribution in [0.15, 0.2) is 73.4 Å². The number of benzene rings is 1. The molecule has 8 heteroatoms. The van der Waals surface area contributed by atoms with Crippen molar-refractivity contribution in [3.05, 3.63) is 79.3 Å². The quantitative estimate of drug-likeness (QED) is 0.369. The minimum atomic E-state index is -0.512. The van der Waals surface area contributed by atoms with Gasteiger partial charge in [-0.25, -0.2) is 9.37 Å². The summed E-state index contributed by atoms with van der Waals surface area (Å²) in [6.07, 6.45) is 8.63. The van der Waals surface area contributed by atoms with E-state index in [0.717, 1.165) is 44.9 Å². The molecule has 5 aromatic heterocycles. The van der Waals surface area contributed by atoms with Crippen LogP contribution in [-0.2, 0) is 0 Å². The van der Waals surface area contributed by atoms with E-state index in [4.69, 9.17) is 0 Å². The zero-order valence-electron chi connectivity index (χ0n) is 16.5. The summed E-state index contributed by atoms with van der Waals surface area (Å²) in [6.45, 7) is 0. The van der Waals surface area contributed by atoms with Crippen LogP contribution < -0.4 is 0 Å². The SMILES string of the molecule is Oc1cc(F)cc(-c2cncc3[nH]c(-c4[nH]nc5ncc(-c6ccncc6)cc45)cc23)c1. The molecule has 0 saturated heterocycles. The Balaban J connectivity index is 1.52. The summed E-state index contributed by atoms with van der Waals surface area (Å²) in [7, 11) is 0. The summed E-state index contributed by atoms with van der Waals surface area (Å²) in [5, 5.41) is 18.9. The van der Waals surface area contributed by atoms with E-state index >= 15 is 0 Å². The zero-order chi connectivity index (χ0) is 21.7. The summed E-state index contributed by atoms with van der Waals surface area (Å²) >= 11 is 0. The van der Waals surface area contributed by atoms with Crippen LogP contribution in [0.3, 0.4) is 0 Å². The molecule has 0 spiro atoms. The van der Waals surface area contributed by atoms with Crippen LogP contribution in [0.2, 0.25) is 0 Å². The lowest BCUT2D eigenvalue weighted by atomic mass is 10.0. The number of phenols is 1. The summed E-state index contributed by atoms with van der Waals surface area (Å²) in [5.74, 6) is -0.649. The molecule has 0 saturated carbocycles. The van der Waals surface area contributed by atoms with Crippen molar-refractivity contribution in [1.82, 2.24) is 30.1 Å². The Morgan fingerprint density at radius 1 is 0.812 bits per heavy atom. The van der Waals surface area contributed by atoms with Crippen molar-refractivity contribution in [1.29, 1.82) is 0 Å². The first-order valence-electron chi connectivity index (χ1n) is 9.87. The Bertz CT molecular complexity index is 1590. The normalized spacial score (nSPS) is 11.4. The molecule has 6 rings (SSSR count). The van der Waals surface area contributed by atoms with Gasteiger partial charge in [-0.05, 0) is 47.5 Å². The number of fused-ring (bicyclic) bond motifs is 2. The highest BCUT2D eigenvalue weighted by Crippen LogP contribution is 2.35. The number of phenolic OH excluding ortho intramolecular Hbond substituents is 1. The summed E-state index contributed by atoms with van der Waals surface area (Å²) < 4.78 is 13.9. The van der Waals surface area contributed by atoms with E-state index in [1.165, 1.54) is 12.1 Å². The number of pyridine rings is 3. The third kappa shape index (κ3) is 2.97. The molecule has 32 heavy (non-hydrogen) atoms. The first-order chi connectivity index (χ1) is 15.7. The van der Waals surface area contributed by atoms with Gasteiger partial charge in [0.25, 0.3) is 0 Å². The van der Waals surface area contributed by atoms with Crippen molar-refractivity contribution in [3.8, 4) is 39.4 Å². The molecule has 7 nitrogen and oxygen atoms in total. The maximum atomic E-state index is 13.9. The predicted molar refractivity (Wildman–Crippen MR) is 119 cm³/mol. The number of hydrogen-bond acceptors (Lipinski definition) is 5. The molecule has 0 aliphatic heterocycles. The molecular formula is C24H15FN6O.